The van der Waals surface area contributed by atoms with Crippen LogP contribution in [0.5, 0.6) is 0 Å². The molecule has 0 amide bonds. The Kier molecular flexibility index (Phi) is 6.28. The molecule has 2 aromatic heterocycles. The maximum Gasteiger partial charge on any atom is 0.0544 e. The lowest BCUT2D eigenvalue weighted by atomic mass is 9.85. The van der Waals surface area contributed by atoms with Gasteiger partial charge in [-0.1, -0.05) is 152 Å². The molecule has 0 aliphatic carbocycles. The van der Waals surface area contributed by atoms with Gasteiger partial charge in [0.25, 0.3) is 0 Å². The molecule has 9 aromatic carbocycles. The van der Waals surface area contributed by atoms with Gasteiger partial charge in [-0.3, -0.25) is 0 Å². The second kappa shape index (κ2) is 11.3. The molecule has 242 valence electrons. The highest BCUT2D eigenvalue weighted by Crippen LogP contribution is 2.45. The Labute approximate surface area is 300 Å². The van der Waals surface area contributed by atoms with Gasteiger partial charge in [0, 0.05) is 38.3 Å². The van der Waals surface area contributed by atoms with E-state index in [1.807, 2.05) is 0 Å². The van der Waals surface area contributed by atoms with E-state index in [0.717, 1.165) is 11.2 Å². The molecule has 0 aliphatic rings. The van der Waals surface area contributed by atoms with Crippen LogP contribution in [-0.4, -0.2) is 9.55 Å². The third-order valence-corrected chi connectivity index (χ3v) is 10.9. The minimum atomic E-state index is 1.16. The van der Waals surface area contributed by atoms with E-state index in [1.165, 1.54) is 93.0 Å². The van der Waals surface area contributed by atoms with E-state index in [2.05, 4.69) is 198 Å². The van der Waals surface area contributed by atoms with E-state index >= 15 is 0 Å². The summed E-state index contributed by atoms with van der Waals surface area (Å²) in [6.45, 7) is 0. The molecule has 0 atom stereocenters. The standard InChI is InChI=1S/C50H32N2/c1-3-23-42-40(21-1)48(33-15-11-14-32(30-33)36-25-13-26-44-37-18-5-8-27-45(37)51-50(36)44)41-22-2-4-24-43(41)49(42)34-16-12-17-35(31-34)52-46-28-9-6-19-38(46)39-20-7-10-29-47(39)52/h1-31,51H. The van der Waals surface area contributed by atoms with Crippen LogP contribution >= 0.6 is 0 Å². The quantitative estimate of drug-likeness (QED) is 0.181. The fourth-order valence-electron chi connectivity index (χ4n) is 8.71. The fraction of sp³-hybridized carbons (Fsp3) is 0. The van der Waals surface area contributed by atoms with Gasteiger partial charge in [-0.2, -0.15) is 0 Å². The molecule has 11 aromatic rings. The lowest BCUT2D eigenvalue weighted by Crippen LogP contribution is -1.95. The van der Waals surface area contributed by atoms with Crippen LogP contribution in [0, 0.1) is 0 Å². The van der Waals surface area contributed by atoms with Crippen molar-refractivity contribution in [1.82, 2.24) is 9.55 Å². The van der Waals surface area contributed by atoms with Gasteiger partial charge in [0.2, 0.25) is 0 Å². The fourth-order valence-corrected chi connectivity index (χ4v) is 8.71. The van der Waals surface area contributed by atoms with Crippen LogP contribution in [0.15, 0.2) is 188 Å². The zero-order valence-corrected chi connectivity index (χ0v) is 28.3. The maximum atomic E-state index is 3.72. The molecular formula is C50H32N2. The summed E-state index contributed by atoms with van der Waals surface area (Å²) < 4.78 is 2.41. The molecule has 0 saturated heterocycles. The van der Waals surface area contributed by atoms with E-state index in [4.69, 9.17) is 0 Å². The number of H-pyrrole nitrogens is 1. The number of rotatable bonds is 4. The van der Waals surface area contributed by atoms with Crippen molar-refractivity contribution >= 4 is 65.2 Å². The van der Waals surface area contributed by atoms with E-state index < -0.39 is 0 Å². The number of nitrogens with zero attached hydrogens (tertiary/aromatic N) is 1. The van der Waals surface area contributed by atoms with E-state index in [0.29, 0.717) is 0 Å². The molecule has 0 unspecified atom stereocenters. The van der Waals surface area contributed by atoms with Crippen molar-refractivity contribution in [2.75, 3.05) is 0 Å². The molecule has 52 heavy (non-hydrogen) atoms. The molecule has 0 spiro atoms. The van der Waals surface area contributed by atoms with E-state index in [9.17, 15) is 0 Å². The summed E-state index contributed by atoms with van der Waals surface area (Å²) in [6.07, 6.45) is 0. The molecule has 0 fully saturated rings. The highest BCUT2D eigenvalue weighted by molar-refractivity contribution is 6.22. The monoisotopic (exact) mass is 660 g/mol. The number of aromatic amines is 1. The number of hydrogen-bond donors (Lipinski definition) is 1. The first-order chi connectivity index (χ1) is 25.8. The van der Waals surface area contributed by atoms with Crippen LogP contribution in [0.25, 0.3) is 104 Å². The zero-order valence-electron chi connectivity index (χ0n) is 28.3. The lowest BCUT2D eigenvalue weighted by molar-refractivity contribution is 1.18. The maximum absolute atomic E-state index is 3.72. The summed E-state index contributed by atoms with van der Waals surface area (Å²) in [6, 6.07) is 68.7. The average molecular weight is 661 g/mol. The van der Waals surface area contributed by atoms with Crippen LogP contribution in [0.3, 0.4) is 0 Å². The van der Waals surface area contributed by atoms with Crippen LogP contribution in [0.2, 0.25) is 0 Å². The largest absolute Gasteiger partial charge is 0.354 e. The van der Waals surface area contributed by atoms with Gasteiger partial charge in [-0.15, -0.1) is 0 Å². The Balaban J connectivity index is 1.14. The number of hydrogen-bond acceptors (Lipinski definition) is 0. The Morgan fingerprint density at radius 3 is 1.42 bits per heavy atom. The highest BCUT2D eigenvalue weighted by Gasteiger charge is 2.19. The minimum Gasteiger partial charge on any atom is -0.354 e. The van der Waals surface area contributed by atoms with Gasteiger partial charge in [0.1, 0.15) is 0 Å². The van der Waals surface area contributed by atoms with Gasteiger partial charge < -0.3 is 9.55 Å². The third-order valence-electron chi connectivity index (χ3n) is 10.9. The molecule has 2 heteroatoms. The topological polar surface area (TPSA) is 20.7 Å². The molecule has 0 saturated carbocycles. The molecule has 11 rings (SSSR count). The Morgan fingerprint density at radius 2 is 0.788 bits per heavy atom. The Bertz CT molecular complexity index is 3080. The Hall–Kier alpha value is -6.90. The van der Waals surface area contributed by atoms with Crippen molar-refractivity contribution in [1.29, 1.82) is 0 Å². The summed E-state index contributed by atoms with van der Waals surface area (Å²) in [5.41, 5.74) is 13.3. The second-order valence-electron chi connectivity index (χ2n) is 13.7. The summed E-state index contributed by atoms with van der Waals surface area (Å²) in [5, 5.41) is 10.0. The summed E-state index contributed by atoms with van der Waals surface area (Å²) in [7, 11) is 0. The number of para-hydroxylation sites is 4. The lowest BCUT2D eigenvalue weighted by Gasteiger charge is -2.19. The first-order valence-corrected chi connectivity index (χ1v) is 17.9. The van der Waals surface area contributed by atoms with Crippen LogP contribution in [0.4, 0.5) is 0 Å². The number of benzene rings is 9. The van der Waals surface area contributed by atoms with Gasteiger partial charge in [-0.05, 0) is 85.8 Å². The molecule has 0 aliphatic heterocycles. The van der Waals surface area contributed by atoms with E-state index in [1.54, 1.807) is 0 Å². The van der Waals surface area contributed by atoms with Crippen molar-refractivity contribution in [3.8, 4) is 39.1 Å². The van der Waals surface area contributed by atoms with Crippen molar-refractivity contribution in [2.45, 2.75) is 0 Å². The normalized spacial score (nSPS) is 11.8. The summed E-state index contributed by atoms with van der Waals surface area (Å²) >= 11 is 0. The van der Waals surface area contributed by atoms with Crippen LogP contribution in [-0.2, 0) is 0 Å². The minimum absolute atomic E-state index is 1.16. The number of nitrogens with one attached hydrogen (secondary N) is 1. The second-order valence-corrected chi connectivity index (χ2v) is 13.7. The molecule has 1 N–H and O–H groups in total. The number of aromatic nitrogens is 2. The van der Waals surface area contributed by atoms with Gasteiger partial charge in [0.15, 0.2) is 0 Å². The Morgan fingerprint density at radius 1 is 0.327 bits per heavy atom. The van der Waals surface area contributed by atoms with Crippen LogP contribution < -0.4 is 0 Å². The van der Waals surface area contributed by atoms with Gasteiger partial charge >= 0.3 is 0 Å². The number of fused-ring (bicyclic) bond motifs is 8. The first kappa shape index (κ1) is 28.9. The predicted octanol–water partition coefficient (Wildman–Crippen LogP) is 13.7. The van der Waals surface area contributed by atoms with Gasteiger partial charge in [-0.25, -0.2) is 0 Å². The van der Waals surface area contributed by atoms with E-state index in [-0.39, 0.29) is 0 Å². The highest BCUT2D eigenvalue weighted by atomic mass is 15.0. The van der Waals surface area contributed by atoms with Crippen molar-refractivity contribution in [3.05, 3.63) is 188 Å². The molecule has 2 heterocycles. The SMILES string of the molecule is c1cc(-c2c3ccccc3c(-c3cccc(-n4c5ccccc5c5ccccc54)c3)c3ccccc23)cc(-c2cccc3c2[nH]c2ccccc23)c1. The van der Waals surface area contributed by atoms with Crippen molar-refractivity contribution < 1.29 is 0 Å². The molecule has 0 bridgehead atoms. The third kappa shape index (κ3) is 4.25. The van der Waals surface area contributed by atoms with Crippen LogP contribution in [0.1, 0.15) is 0 Å². The van der Waals surface area contributed by atoms with Crippen molar-refractivity contribution in [3.63, 3.8) is 0 Å². The zero-order chi connectivity index (χ0) is 34.2. The summed E-state index contributed by atoms with van der Waals surface area (Å²) in [5.74, 6) is 0. The molecular weight excluding hydrogens is 629 g/mol. The smallest absolute Gasteiger partial charge is 0.0544 e. The summed E-state index contributed by atoms with van der Waals surface area (Å²) in [4.78, 5) is 3.72. The average Bonchev–Trinajstić information content (AvgIpc) is 3.76. The predicted molar refractivity (Wildman–Crippen MR) is 221 cm³/mol. The molecule has 0 radical (unpaired) electrons. The van der Waals surface area contributed by atoms with Gasteiger partial charge in [0.05, 0.1) is 16.6 Å². The molecule has 2 nitrogen and oxygen atoms in total. The first-order valence-electron chi connectivity index (χ1n) is 17.9. The van der Waals surface area contributed by atoms with Crippen molar-refractivity contribution in [2.24, 2.45) is 0 Å².